The lowest BCUT2D eigenvalue weighted by Gasteiger charge is -2.36. The molecule has 2 aromatic rings. The SMILES string of the molecule is Cn1cc(NC2CC(c3ccccc3)C2)cn1. The Labute approximate surface area is 101 Å². The zero-order chi connectivity index (χ0) is 11.7. The van der Waals surface area contributed by atoms with E-state index in [-0.39, 0.29) is 0 Å². The number of nitrogens with one attached hydrogen (secondary N) is 1. The molecule has 1 fully saturated rings. The predicted octanol–water partition coefficient (Wildman–Crippen LogP) is 2.78. The summed E-state index contributed by atoms with van der Waals surface area (Å²) in [7, 11) is 1.94. The van der Waals surface area contributed by atoms with Crippen LogP contribution in [0.5, 0.6) is 0 Å². The maximum atomic E-state index is 4.16. The smallest absolute Gasteiger partial charge is 0.0728 e. The molecule has 1 aliphatic rings. The van der Waals surface area contributed by atoms with Crippen LogP contribution in [0.25, 0.3) is 0 Å². The van der Waals surface area contributed by atoms with Crippen molar-refractivity contribution in [3.63, 3.8) is 0 Å². The van der Waals surface area contributed by atoms with Gasteiger partial charge in [0.15, 0.2) is 0 Å². The van der Waals surface area contributed by atoms with Crippen molar-refractivity contribution in [1.29, 1.82) is 0 Å². The molecule has 0 radical (unpaired) electrons. The molecule has 0 saturated heterocycles. The van der Waals surface area contributed by atoms with Gasteiger partial charge in [-0.3, -0.25) is 4.68 Å². The van der Waals surface area contributed by atoms with Crippen molar-refractivity contribution >= 4 is 5.69 Å². The minimum atomic E-state index is 0.601. The second-order valence-electron chi connectivity index (χ2n) is 4.82. The third kappa shape index (κ3) is 2.18. The molecule has 0 amide bonds. The highest BCUT2D eigenvalue weighted by Gasteiger charge is 2.30. The first kappa shape index (κ1) is 10.4. The van der Waals surface area contributed by atoms with Gasteiger partial charge in [-0.25, -0.2) is 0 Å². The van der Waals surface area contributed by atoms with Crippen molar-refractivity contribution in [1.82, 2.24) is 9.78 Å². The molecule has 0 atom stereocenters. The van der Waals surface area contributed by atoms with Crippen LogP contribution >= 0.6 is 0 Å². The van der Waals surface area contributed by atoms with Crippen molar-refractivity contribution in [3.05, 3.63) is 48.3 Å². The average molecular weight is 227 g/mol. The van der Waals surface area contributed by atoms with Gasteiger partial charge in [0.1, 0.15) is 0 Å². The standard InChI is InChI=1S/C14H17N3/c1-17-10-14(9-15-17)16-13-7-12(8-13)11-5-3-2-4-6-11/h2-6,9-10,12-13,16H,7-8H2,1H3. The van der Waals surface area contributed by atoms with Gasteiger partial charge in [0.2, 0.25) is 0 Å². The predicted molar refractivity (Wildman–Crippen MR) is 69.0 cm³/mol. The molecule has 1 aromatic carbocycles. The third-order valence-electron chi connectivity index (χ3n) is 3.48. The Morgan fingerprint density at radius 2 is 2.00 bits per heavy atom. The van der Waals surface area contributed by atoms with Crippen molar-refractivity contribution in [2.45, 2.75) is 24.8 Å². The monoisotopic (exact) mass is 227 g/mol. The summed E-state index contributed by atoms with van der Waals surface area (Å²) in [6, 6.07) is 11.4. The van der Waals surface area contributed by atoms with E-state index in [1.165, 1.54) is 18.4 Å². The summed E-state index contributed by atoms with van der Waals surface area (Å²) < 4.78 is 1.83. The molecule has 1 aliphatic carbocycles. The number of hydrogen-bond donors (Lipinski definition) is 1. The van der Waals surface area contributed by atoms with E-state index >= 15 is 0 Å². The Hall–Kier alpha value is -1.77. The minimum Gasteiger partial charge on any atom is -0.380 e. The average Bonchev–Trinajstić information content (AvgIpc) is 2.70. The number of rotatable bonds is 3. The zero-order valence-electron chi connectivity index (χ0n) is 10.0. The number of aromatic nitrogens is 2. The molecule has 0 aliphatic heterocycles. The van der Waals surface area contributed by atoms with Gasteiger partial charge in [-0.1, -0.05) is 30.3 Å². The molecule has 1 aromatic heterocycles. The fourth-order valence-corrected chi connectivity index (χ4v) is 2.46. The fraction of sp³-hybridized carbons (Fsp3) is 0.357. The second-order valence-corrected chi connectivity index (χ2v) is 4.82. The van der Waals surface area contributed by atoms with Gasteiger partial charge in [0, 0.05) is 19.3 Å². The molecule has 3 nitrogen and oxygen atoms in total. The summed E-state index contributed by atoms with van der Waals surface area (Å²) >= 11 is 0. The Morgan fingerprint density at radius 3 is 2.65 bits per heavy atom. The van der Waals surface area contributed by atoms with E-state index in [9.17, 15) is 0 Å². The van der Waals surface area contributed by atoms with Crippen LogP contribution in [0.15, 0.2) is 42.7 Å². The van der Waals surface area contributed by atoms with Crippen LogP contribution in [0, 0.1) is 0 Å². The molecule has 3 rings (SSSR count). The molecule has 1 heterocycles. The van der Waals surface area contributed by atoms with Crippen LogP contribution in [0.4, 0.5) is 5.69 Å². The maximum Gasteiger partial charge on any atom is 0.0728 e. The molecule has 0 spiro atoms. The lowest BCUT2D eigenvalue weighted by atomic mass is 9.76. The third-order valence-corrected chi connectivity index (χ3v) is 3.48. The fourth-order valence-electron chi connectivity index (χ4n) is 2.46. The summed E-state index contributed by atoms with van der Waals surface area (Å²) in [5.74, 6) is 0.727. The van der Waals surface area contributed by atoms with Crippen LogP contribution < -0.4 is 5.32 Å². The van der Waals surface area contributed by atoms with Crippen LogP contribution in [0.1, 0.15) is 24.3 Å². The van der Waals surface area contributed by atoms with Crippen molar-refractivity contribution < 1.29 is 0 Å². The highest BCUT2D eigenvalue weighted by Crippen LogP contribution is 2.38. The van der Waals surface area contributed by atoms with Gasteiger partial charge in [0.25, 0.3) is 0 Å². The first-order chi connectivity index (χ1) is 8.31. The van der Waals surface area contributed by atoms with E-state index < -0.39 is 0 Å². The van der Waals surface area contributed by atoms with Gasteiger partial charge >= 0.3 is 0 Å². The maximum absolute atomic E-state index is 4.16. The molecule has 1 saturated carbocycles. The summed E-state index contributed by atoms with van der Waals surface area (Å²) in [5.41, 5.74) is 2.60. The Kier molecular flexibility index (Phi) is 2.59. The summed E-state index contributed by atoms with van der Waals surface area (Å²) in [6.07, 6.45) is 6.35. The van der Waals surface area contributed by atoms with Gasteiger partial charge in [-0.2, -0.15) is 5.10 Å². The van der Waals surface area contributed by atoms with Crippen LogP contribution in [0.3, 0.4) is 0 Å². The lowest BCUT2D eigenvalue weighted by Crippen LogP contribution is -2.33. The second kappa shape index (κ2) is 4.24. The van der Waals surface area contributed by atoms with E-state index in [1.807, 2.05) is 24.1 Å². The highest BCUT2D eigenvalue weighted by atomic mass is 15.3. The Bertz CT molecular complexity index is 483. The van der Waals surface area contributed by atoms with Gasteiger partial charge in [0.05, 0.1) is 11.9 Å². The van der Waals surface area contributed by atoms with E-state index in [4.69, 9.17) is 0 Å². The van der Waals surface area contributed by atoms with Crippen molar-refractivity contribution in [3.8, 4) is 0 Å². The molecular formula is C14H17N3. The van der Waals surface area contributed by atoms with Crippen LogP contribution in [-0.2, 0) is 7.05 Å². The van der Waals surface area contributed by atoms with Crippen LogP contribution in [0.2, 0.25) is 0 Å². The normalized spacial score (nSPS) is 23.1. The first-order valence-corrected chi connectivity index (χ1v) is 6.11. The molecule has 3 heteroatoms. The zero-order valence-corrected chi connectivity index (χ0v) is 10.0. The molecular weight excluding hydrogens is 210 g/mol. The van der Waals surface area contributed by atoms with E-state index in [0.29, 0.717) is 6.04 Å². The summed E-state index contributed by atoms with van der Waals surface area (Å²) in [5, 5.41) is 7.68. The summed E-state index contributed by atoms with van der Waals surface area (Å²) in [6.45, 7) is 0. The van der Waals surface area contributed by atoms with E-state index in [2.05, 4.69) is 40.7 Å². The van der Waals surface area contributed by atoms with E-state index in [0.717, 1.165) is 11.6 Å². The number of hydrogen-bond acceptors (Lipinski definition) is 2. The largest absolute Gasteiger partial charge is 0.380 e. The molecule has 88 valence electrons. The topological polar surface area (TPSA) is 29.9 Å². The molecule has 0 bridgehead atoms. The lowest BCUT2D eigenvalue weighted by molar-refractivity contribution is 0.374. The minimum absolute atomic E-state index is 0.601. The van der Waals surface area contributed by atoms with Gasteiger partial charge in [-0.05, 0) is 24.3 Å². The first-order valence-electron chi connectivity index (χ1n) is 6.11. The number of benzene rings is 1. The van der Waals surface area contributed by atoms with E-state index in [1.54, 1.807) is 0 Å². The van der Waals surface area contributed by atoms with Crippen molar-refractivity contribution in [2.24, 2.45) is 7.05 Å². The Morgan fingerprint density at radius 1 is 1.24 bits per heavy atom. The van der Waals surface area contributed by atoms with Crippen molar-refractivity contribution in [2.75, 3.05) is 5.32 Å². The molecule has 1 N–H and O–H groups in total. The van der Waals surface area contributed by atoms with Crippen LogP contribution in [-0.4, -0.2) is 15.8 Å². The number of aryl methyl sites for hydroxylation is 1. The quantitative estimate of drug-likeness (QED) is 0.873. The highest BCUT2D eigenvalue weighted by molar-refractivity contribution is 5.40. The van der Waals surface area contributed by atoms with Gasteiger partial charge in [-0.15, -0.1) is 0 Å². The summed E-state index contributed by atoms with van der Waals surface area (Å²) in [4.78, 5) is 0. The molecule has 0 unspecified atom stereocenters. The molecule has 17 heavy (non-hydrogen) atoms. The van der Waals surface area contributed by atoms with Gasteiger partial charge < -0.3 is 5.32 Å². The number of anilines is 1. The number of nitrogens with zero attached hydrogens (tertiary/aromatic N) is 2. The Balaban J connectivity index is 1.55.